The smallest absolute Gasteiger partial charge is 0.237 e. The molecule has 0 fully saturated rings. The molecule has 0 atom stereocenters. The van der Waals surface area contributed by atoms with Crippen LogP contribution < -0.4 is 9.47 Å². The predicted octanol–water partition coefficient (Wildman–Crippen LogP) is 4.72. The van der Waals surface area contributed by atoms with Crippen LogP contribution in [0.3, 0.4) is 0 Å². The Morgan fingerprint density at radius 3 is 2.55 bits per heavy atom. The molecule has 33 heavy (non-hydrogen) atoms. The first-order valence-corrected chi connectivity index (χ1v) is 11.8. The minimum Gasteiger partial charge on any atom is -0.493 e. The first kappa shape index (κ1) is 21.5. The van der Waals surface area contributed by atoms with Gasteiger partial charge in [0.15, 0.2) is 22.5 Å². The summed E-state index contributed by atoms with van der Waals surface area (Å²) < 4.78 is 18.1. The number of rotatable bonds is 7. The molecule has 4 aromatic rings. The average molecular weight is 464 g/mol. The van der Waals surface area contributed by atoms with Crippen molar-refractivity contribution < 1.29 is 14.0 Å². The van der Waals surface area contributed by atoms with Crippen LogP contribution in [0, 0.1) is 0 Å². The van der Waals surface area contributed by atoms with Gasteiger partial charge in [0.05, 0.1) is 20.0 Å². The van der Waals surface area contributed by atoms with Gasteiger partial charge in [-0.2, -0.15) is 4.98 Å². The molecule has 0 radical (unpaired) electrons. The highest BCUT2D eigenvalue weighted by Crippen LogP contribution is 2.32. The van der Waals surface area contributed by atoms with Crippen LogP contribution in [-0.2, 0) is 25.6 Å². The van der Waals surface area contributed by atoms with E-state index < -0.39 is 0 Å². The molecular weight excluding hydrogens is 438 g/mol. The molecule has 0 saturated heterocycles. The second-order valence-corrected chi connectivity index (χ2v) is 8.87. The SMILES string of the molecule is COc1ccc(-c2noc(CSc3nnc(-c4ccc5c(c4)CCCC5)n3C)n2)cc1OC. The summed E-state index contributed by atoms with van der Waals surface area (Å²) in [5.74, 6) is 3.64. The van der Waals surface area contributed by atoms with E-state index >= 15 is 0 Å². The lowest BCUT2D eigenvalue weighted by atomic mass is 9.90. The molecular formula is C24H25N5O3S. The van der Waals surface area contributed by atoms with E-state index in [0.29, 0.717) is 29.0 Å². The maximum Gasteiger partial charge on any atom is 0.237 e. The number of benzene rings is 2. The highest BCUT2D eigenvalue weighted by molar-refractivity contribution is 7.98. The molecule has 0 saturated carbocycles. The van der Waals surface area contributed by atoms with Gasteiger partial charge in [-0.15, -0.1) is 10.2 Å². The highest BCUT2D eigenvalue weighted by Gasteiger charge is 2.17. The van der Waals surface area contributed by atoms with Crippen molar-refractivity contribution in [1.29, 1.82) is 0 Å². The van der Waals surface area contributed by atoms with E-state index in [1.54, 1.807) is 14.2 Å². The fourth-order valence-electron chi connectivity index (χ4n) is 4.10. The number of aryl methyl sites for hydroxylation is 2. The van der Waals surface area contributed by atoms with Crippen LogP contribution >= 0.6 is 11.8 Å². The fraction of sp³-hybridized carbons (Fsp3) is 0.333. The van der Waals surface area contributed by atoms with Crippen LogP contribution in [0.25, 0.3) is 22.8 Å². The summed E-state index contributed by atoms with van der Waals surface area (Å²) in [4.78, 5) is 4.52. The Morgan fingerprint density at radius 1 is 0.939 bits per heavy atom. The first-order chi connectivity index (χ1) is 16.2. The topological polar surface area (TPSA) is 88.1 Å². The molecule has 0 aliphatic heterocycles. The van der Waals surface area contributed by atoms with Crippen molar-refractivity contribution in [2.75, 3.05) is 14.2 Å². The Hall–Kier alpha value is -3.33. The number of nitrogens with zero attached hydrogens (tertiary/aromatic N) is 5. The minimum atomic E-state index is 0.496. The predicted molar refractivity (Wildman–Crippen MR) is 125 cm³/mol. The van der Waals surface area contributed by atoms with E-state index in [2.05, 4.69) is 38.5 Å². The summed E-state index contributed by atoms with van der Waals surface area (Å²) in [6.07, 6.45) is 4.85. The van der Waals surface area contributed by atoms with Crippen molar-refractivity contribution in [2.45, 2.75) is 36.6 Å². The Morgan fingerprint density at radius 2 is 1.73 bits per heavy atom. The molecule has 5 rings (SSSR count). The molecule has 0 amide bonds. The van der Waals surface area contributed by atoms with Gasteiger partial charge in [-0.05, 0) is 61.1 Å². The molecule has 0 N–H and O–H groups in total. The van der Waals surface area contributed by atoms with Crippen molar-refractivity contribution in [2.24, 2.45) is 7.05 Å². The summed E-state index contributed by atoms with van der Waals surface area (Å²) in [5.41, 5.74) is 4.79. The van der Waals surface area contributed by atoms with E-state index in [4.69, 9.17) is 14.0 Å². The maximum atomic E-state index is 5.45. The van der Waals surface area contributed by atoms with Crippen molar-refractivity contribution in [1.82, 2.24) is 24.9 Å². The third-order valence-corrected chi connectivity index (χ3v) is 6.88. The van der Waals surface area contributed by atoms with Gasteiger partial charge in [-0.1, -0.05) is 29.1 Å². The summed E-state index contributed by atoms with van der Waals surface area (Å²) in [7, 11) is 5.18. The second kappa shape index (κ2) is 9.27. The lowest BCUT2D eigenvalue weighted by molar-refractivity contribution is 0.355. The normalized spacial score (nSPS) is 13.1. The van der Waals surface area contributed by atoms with Crippen LogP contribution in [0.4, 0.5) is 0 Å². The molecule has 8 nitrogen and oxygen atoms in total. The Balaban J connectivity index is 1.29. The Labute approximate surface area is 196 Å². The third-order valence-electron chi connectivity index (χ3n) is 5.88. The van der Waals surface area contributed by atoms with Crippen LogP contribution in [-0.4, -0.2) is 39.1 Å². The average Bonchev–Trinajstić information content (AvgIpc) is 3.48. The Bertz CT molecular complexity index is 1280. The van der Waals surface area contributed by atoms with Gasteiger partial charge in [0.25, 0.3) is 0 Å². The second-order valence-electron chi connectivity index (χ2n) is 7.93. The molecule has 1 aliphatic rings. The fourth-order valence-corrected chi connectivity index (χ4v) is 4.85. The first-order valence-electron chi connectivity index (χ1n) is 10.9. The molecule has 0 unspecified atom stereocenters. The number of fused-ring (bicyclic) bond motifs is 1. The number of methoxy groups -OCH3 is 2. The lowest BCUT2D eigenvalue weighted by Crippen LogP contribution is -2.03. The quantitative estimate of drug-likeness (QED) is 0.364. The van der Waals surface area contributed by atoms with Crippen LogP contribution in [0.15, 0.2) is 46.1 Å². The largest absolute Gasteiger partial charge is 0.493 e. The number of aromatic nitrogens is 5. The van der Waals surface area contributed by atoms with Crippen molar-refractivity contribution >= 4 is 11.8 Å². The molecule has 0 bridgehead atoms. The van der Waals surface area contributed by atoms with Crippen LogP contribution in [0.5, 0.6) is 11.5 Å². The van der Waals surface area contributed by atoms with E-state index in [1.165, 1.54) is 42.2 Å². The van der Waals surface area contributed by atoms with Crippen molar-refractivity contribution in [3.8, 4) is 34.3 Å². The van der Waals surface area contributed by atoms with Gasteiger partial charge in [0, 0.05) is 18.2 Å². The molecule has 1 aliphatic carbocycles. The zero-order valence-corrected chi connectivity index (χ0v) is 19.7. The molecule has 2 aromatic heterocycles. The molecule has 2 aromatic carbocycles. The minimum absolute atomic E-state index is 0.496. The van der Waals surface area contributed by atoms with E-state index in [9.17, 15) is 0 Å². The monoisotopic (exact) mass is 463 g/mol. The summed E-state index contributed by atoms with van der Waals surface area (Å²) in [6.45, 7) is 0. The zero-order valence-electron chi connectivity index (χ0n) is 18.9. The number of thioether (sulfide) groups is 1. The van der Waals surface area contributed by atoms with E-state index in [1.807, 2.05) is 29.8 Å². The van der Waals surface area contributed by atoms with Gasteiger partial charge < -0.3 is 18.6 Å². The van der Waals surface area contributed by atoms with Gasteiger partial charge >= 0.3 is 0 Å². The van der Waals surface area contributed by atoms with Gasteiger partial charge in [-0.25, -0.2) is 0 Å². The molecule has 2 heterocycles. The van der Waals surface area contributed by atoms with E-state index in [-0.39, 0.29) is 0 Å². The molecule has 170 valence electrons. The molecule has 9 heteroatoms. The van der Waals surface area contributed by atoms with Crippen molar-refractivity contribution in [3.05, 3.63) is 53.4 Å². The highest BCUT2D eigenvalue weighted by atomic mass is 32.2. The molecule has 0 spiro atoms. The number of ether oxygens (including phenoxy) is 2. The zero-order chi connectivity index (χ0) is 22.8. The van der Waals surface area contributed by atoms with E-state index in [0.717, 1.165) is 28.5 Å². The number of hydrogen-bond donors (Lipinski definition) is 0. The van der Waals surface area contributed by atoms with Gasteiger partial charge in [0.2, 0.25) is 11.7 Å². The van der Waals surface area contributed by atoms with Crippen molar-refractivity contribution in [3.63, 3.8) is 0 Å². The van der Waals surface area contributed by atoms with Gasteiger partial charge in [-0.3, -0.25) is 0 Å². The third kappa shape index (κ3) is 4.32. The summed E-state index contributed by atoms with van der Waals surface area (Å²) >= 11 is 1.52. The lowest BCUT2D eigenvalue weighted by Gasteiger charge is -2.16. The Kier molecular flexibility index (Phi) is 6.04. The summed E-state index contributed by atoms with van der Waals surface area (Å²) in [5, 5.41) is 13.7. The standard InChI is InChI=1S/C24H25N5O3S/c1-29-23(18-9-8-15-6-4-5-7-16(15)12-18)26-27-24(29)33-14-21-25-22(28-32-21)17-10-11-19(30-2)20(13-17)31-3/h8-13H,4-7,14H2,1-3H3. The van der Waals surface area contributed by atoms with Crippen LogP contribution in [0.2, 0.25) is 0 Å². The maximum absolute atomic E-state index is 5.45. The number of hydrogen-bond acceptors (Lipinski definition) is 8. The summed E-state index contributed by atoms with van der Waals surface area (Å²) in [6, 6.07) is 12.2. The van der Waals surface area contributed by atoms with Gasteiger partial charge in [0.1, 0.15) is 0 Å². The van der Waals surface area contributed by atoms with Crippen LogP contribution in [0.1, 0.15) is 29.9 Å².